The van der Waals surface area contributed by atoms with Crippen molar-refractivity contribution >= 4 is 11.9 Å². The number of carboxylic acid groups (broad SMARTS) is 1. The Labute approximate surface area is 173 Å². The van der Waals surface area contributed by atoms with Crippen LogP contribution in [0.4, 0.5) is 0 Å². The normalized spacial score (nSPS) is 43.2. The van der Waals surface area contributed by atoms with Gasteiger partial charge in [0.1, 0.15) is 0 Å². The van der Waals surface area contributed by atoms with Crippen molar-refractivity contribution in [3.63, 3.8) is 0 Å². The van der Waals surface area contributed by atoms with Crippen molar-refractivity contribution in [3.8, 4) is 0 Å². The zero-order chi connectivity index (χ0) is 20.4. The summed E-state index contributed by atoms with van der Waals surface area (Å²) in [5.74, 6) is 1.90. The average Bonchev–Trinajstić information content (AvgIpc) is 3.10. The molecule has 6 nitrogen and oxygen atoms in total. The second-order valence-electron chi connectivity index (χ2n) is 9.89. The Balaban J connectivity index is 1.75. The molecule has 5 aliphatic rings. The van der Waals surface area contributed by atoms with E-state index in [2.05, 4.69) is 27.5 Å². The molecule has 2 spiro atoms. The Morgan fingerprint density at radius 3 is 2.76 bits per heavy atom. The number of hydrogen-bond donors (Lipinski definition) is 3. The van der Waals surface area contributed by atoms with Gasteiger partial charge < -0.3 is 21.1 Å². The first-order valence-electron chi connectivity index (χ1n) is 11.3. The highest BCUT2D eigenvalue weighted by Gasteiger charge is 2.75. The molecule has 4 N–H and O–H groups in total. The SMILES string of the molecule is CN=C(N)N1C=C[C@H](CNC)[C@@]2(C1)[C@@H]1CC[C@H]3CCC[C@@H]4CC(C(=O)O)=C(C1)[C@@]342. The fourth-order valence-electron chi connectivity index (χ4n) is 8.68. The summed E-state index contributed by atoms with van der Waals surface area (Å²) in [6.07, 6.45) is 12.3. The van der Waals surface area contributed by atoms with Crippen LogP contribution in [0.5, 0.6) is 0 Å². The number of carboxylic acids is 1. The van der Waals surface area contributed by atoms with Gasteiger partial charge in [0.2, 0.25) is 0 Å². The van der Waals surface area contributed by atoms with Crippen molar-refractivity contribution in [2.24, 2.45) is 45.2 Å². The van der Waals surface area contributed by atoms with E-state index in [4.69, 9.17) is 5.73 Å². The van der Waals surface area contributed by atoms with Crippen molar-refractivity contribution in [1.29, 1.82) is 0 Å². The number of aliphatic imine (C=N–C) groups is 1. The second kappa shape index (κ2) is 6.59. The van der Waals surface area contributed by atoms with Gasteiger partial charge in [-0.1, -0.05) is 18.1 Å². The number of aliphatic carboxylic acids is 1. The molecule has 0 radical (unpaired) electrons. The van der Waals surface area contributed by atoms with Gasteiger partial charge in [-0.15, -0.1) is 0 Å². The van der Waals surface area contributed by atoms with Gasteiger partial charge >= 0.3 is 5.97 Å². The van der Waals surface area contributed by atoms with Gasteiger partial charge in [-0.2, -0.15) is 0 Å². The number of rotatable bonds is 3. The fourth-order valence-corrected chi connectivity index (χ4v) is 8.68. The molecular weight excluding hydrogens is 364 g/mol. The first-order valence-corrected chi connectivity index (χ1v) is 11.3. The van der Waals surface area contributed by atoms with E-state index in [0.717, 1.165) is 31.5 Å². The minimum absolute atomic E-state index is 0.0282. The predicted molar refractivity (Wildman–Crippen MR) is 113 cm³/mol. The van der Waals surface area contributed by atoms with Crippen LogP contribution in [-0.2, 0) is 4.79 Å². The van der Waals surface area contributed by atoms with Gasteiger partial charge in [-0.25, -0.2) is 4.79 Å². The van der Waals surface area contributed by atoms with Crippen LogP contribution in [0.15, 0.2) is 28.4 Å². The van der Waals surface area contributed by atoms with Crippen LogP contribution in [0.25, 0.3) is 0 Å². The summed E-state index contributed by atoms with van der Waals surface area (Å²) in [4.78, 5) is 18.7. The van der Waals surface area contributed by atoms with Gasteiger partial charge in [0.25, 0.3) is 0 Å². The van der Waals surface area contributed by atoms with Gasteiger partial charge in [-0.3, -0.25) is 4.99 Å². The van der Waals surface area contributed by atoms with Crippen LogP contribution in [-0.4, -0.2) is 49.1 Å². The van der Waals surface area contributed by atoms with Crippen molar-refractivity contribution in [1.82, 2.24) is 10.2 Å². The molecule has 1 heterocycles. The van der Waals surface area contributed by atoms with E-state index in [1.165, 1.54) is 37.7 Å². The lowest BCUT2D eigenvalue weighted by atomic mass is 9.41. The van der Waals surface area contributed by atoms with Crippen molar-refractivity contribution < 1.29 is 9.90 Å². The molecule has 3 fully saturated rings. The van der Waals surface area contributed by atoms with Gasteiger partial charge in [0.15, 0.2) is 5.96 Å². The summed E-state index contributed by atoms with van der Waals surface area (Å²) in [7, 11) is 3.79. The molecule has 1 aliphatic heterocycles. The lowest BCUT2D eigenvalue weighted by molar-refractivity contribution is -0.134. The molecule has 3 saturated carbocycles. The van der Waals surface area contributed by atoms with Crippen LogP contribution >= 0.6 is 0 Å². The number of nitrogens with two attached hydrogens (primary N) is 1. The first kappa shape index (κ1) is 19.2. The molecule has 0 unspecified atom stereocenters. The zero-order valence-electron chi connectivity index (χ0n) is 17.7. The molecule has 0 amide bonds. The minimum atomic E-state index is -0.673. The summed E-state index contributed by atoms with van der Waals surface area (Å²) < 4.78 is 0. The van der Waals surface area contributed by atoms with E-state index in [9.17, 15) is 9.90 Å². The summed E-state index contributed by atoms with van der Waals surface area (Å²) in [5, 5.41) is 13.5. The summed E-state index contributed by atoms with van der Waals surface area (Å²) in [6.45, 7) is 1.80. The largest absolute Gasteiger partial charge is 0.478 e. The molecule has 2 bridgehead atoms. The highest BCUT2D eigenvalue weighted by molar-refractivity contribution is 5.89. The van der Waals surface area contributed by atoms with Gasteiger partial charge in [0, 0.05) is 42.7 Å². The highest BCUT2D eigenvalue weighted by Crippen LogP contribution is 2.79. The minimum Gasteiger partial charge on any atom is -0.478 e. The van der Waals surface area contributed by atoms with Crippen LogP contribution < -0.4 is 11.1 Å². The Kier molecular flexibility index (Phi) is 4.36. The maximum Gasteiger partial charge on any atom is 0.331 e. The lowest BCUT2D eigenvalue weighted by Gasteiger charge is -2.64. The maximum atomic E-state index is 12.3. The Morgan fingerprint density at radius 1 is 1.28 bits per heavy atom. The van der Waals surface area contributed by atoms with E-state index in [-0.39, 0.29) is 10.8 Å². The van der Waals surface area contributed by atoms with Gasteiger partial charge in [-0.05, 0) is 69.2 Å². The number of carbonyl (C=O) groups is 1. The van der Waals surface area contributed by atoms with E-state index >= 15 is 0 Å². The van der Waals surface area contributed by atoms with E-state index in [0.29, 0.717) is 29.6 Å². The average molecular weight is 399 g/mol. The molecular formula is C23H34N4O2. The van der Waals surface area contributed by atoms with Crippen LogP contribution in [0.2, 0.25) is 0 Å². The molecule has 0 saturated heterocycles. The summed E-state index contributed by atoms with van der Waals surface area (Å²) in [5.41, 5.74) is 8.45. The lowest BCUT2D eigenvalue weighted by Crippen LogP contribution is -2.64. The highest BCUT2D eigenvalue weighted by atomic mass is 16.4. The van der Waals surface area contributed by atoms with Crippen molar-refractivity contribution in [3.05, 3.63) is 23.4 Å². The van der Waals surface area contributed by atoms with Crippen LogP contribution in [0.3, 0.4) is 0 Å². The monoisotopic (exact) mass is 398 g/mol. The smallest absolute Gasteiger partial charge is 0.331 e. The molecule has 6 heteroatoms. The standard InChI is InChI=1S/C23H34N4O2/c1-25-12-17-8-9-27(21(24)26-2)13-22(17)15-7-6-14-4-3-5-16-10-18(20(28)29)19(11-15)23(14,16)22/h8-9,14-17,25H,3-7,10-13H2,1-2H3,(H2,24,26)(H,28,29)/t14-,15-,16-,17-,22-,23-/m1/s1. The molecule has 29 heavy (non-hydrogen) atoms. The second-order valence-corrected chi connectivity index (χ2v) is 9.89. The third-order valence-corrected chi connectivity index (χ3v) is 9.32. The van der Waals surface area contributed by atoms with Crippen LogP contribution in [0.1, 0.15) is 44.9 Å². The molecule has 0 aromatic rings. The maximum absolute atomic E-state index is 12.3. The number of hydrogen-bond acceptors (Lipinski definition) is 3. The number of nitrogens with one attached hydrogen (secondary N) is 1. The summed E-state index contributed by atoms with van der Waals surface area (Å²) >= 11 is 0. The third kappa shape index (κ3) is 2.21. The topological polar surface area (TPSA) is 91.0 Å². The Bertz CT molecular complexity index is 818. The first-order chi connectivity index (χ1) is 14.0. The van der Waals surface area contributed by atoms with E-state index < -0.39 is 5.97 Å². The number of guanidine groups is 1. The van der Waals surface area contributed by atoms with Crippen molar-refractivity contribution in [2.45, 2.75) is 44.9 Å². The Hall–Kier alpha value is -1.82. The molecule has 4 aliphatic carbocycles. The molecule has 5 rings (SSSR count). The molecule has 0 aromatic carbocycles. The predicted octanol–water partition coefficient (Wildman–Crippen LogP) is 2.58. The fraction of sp³-hybridized carbons (Fsp3) is 0.739. The van der Waals surface area contributed by atoms with E-state index in [1.54, 1.807) is 7.05 Å². The quantitative estimate of drug-likeness (QED) is 0.502. The van der Waals surface area contributed by atoms with Crippen LogP contribution in [0, 0.1) is 34.5 Å². The summed E-state index contributed by atoms with van der Waals surface area (Å²) in [6, 6.07) is 0. The third-order valence-electron chi connectivity index (χ3n) is 9.32. The van der Waals surface area contributed by atoms with Gasteiger partial charge in [0.05, 0.1) is 0 Å². The number of allylic oxidation sites excluding steroid dienone is 1. The van der Waals surface area contributed by atoms with Crippen molar-refractivity contribution in [2.75, 3.05) is 27.2 Å². The Morgan fingerprint density at radius 2 is 2.03 bits per heavy atom. The molecule has 0 aromatic heterocycles. The zero-order valence-corrected chi connectivity index (χ0v) is 17.7. The number of nitrogens with zero attached hydrogens (tertiary/aromatic N) is 2. The molecule has 6 atom stereocenters. The molecule has 158 valence electrons. The van der Waals surface area contributed by atoms with E-state index in [1.807, 2.05) is 7.05 Å².